The minimum Gasteiger partial charge on any atom is -0.497 e. The average Bonchev–Trinajstić information content (AvgIpc) is 3.08. The summed E-state index contributed by atoms with van der Waals surface area (Å²) >= 11 is 8.19. The van der Waals surface area contributed by atoms with E-state index in [0.29, 0.717) is 30.3 Å². The van der Waals surface area contributed by atoms with Crippen molar-refractivity contribution in [3.63, 3.8) is 0 Å². The van der Waals surface area contributed by atoms with Crippen LogP contribution in [0.4, 0.5) is 0 Å². The summed E-state index contributed by atoms with van der Waals surface area (Å²) in [6.07, 6.45) is 3.25. The number of piperazine rings is 1. The fourth-order valence-electron chi connectivity index (χ4n) is 3.98. The standard InChI is InChI=1S/C20H23ClN2OS.2C4H4O4/c1-22-7-9-23(10-8-22)18-11-14-3-5-16(24-2)13-20(14)25-19-6-4-15(21)12-17(18)19;2*5-3(6)1-2-4(7)8/h3-6,12-13,18H,7-11H2,1-2H3;2*1-2H,(H,5,6)(H,7,8)/b;2*2-1-. The van der Waals surface area contributed by atoms with Gasteiger partial charge in [-0.15, -0.1) is 0 Å². The van der Waals surface area contributed by atoms with Crippen LogP contribution in [0.1, 0.15) is 17.2 Å². The molecule has 1 unspecified atom stereocenters. The van der Waals surface area contributed by atoms with E-state index < -0.39 is 23.9 Å². The molecule has 2 aliphatic rings. The number of halogens is 1. The van der Waals surface area contributed by atoms with Gasteiger partial charge in [0.05, 0.1) is 7.11 Å². The lowest BCUT2D eigenvalue weighted by molar-refractivity contribution is -0.134. The zero-order valence-corrected chi connectivity index (χ0v) is 24.0. The Morgan fingerprint density at radius 3 is 1.85 bits per heavy atom. The number of carboxylic acid groups (broad SMARTS) is 4. The molecule has 11 nitrogen and oxygen atoms in total. The van der Waals surface area contributed by atoms with Crippen molar-refractivity contribution >= 4 is 47.2 Å². The SMILES string of the molecule is COc1ccc2c(c1)Sc1ccc(Cl)cc1C(N1CCN(C)CC1)C2.O=C(O)/C=C\C(=O)O.O=C(O)/C=C\C(=O)O. The van der Waals surface area contributed by atoms with E-state index in [2.05, 4.69) is 47.2 Å². The number of carboxylic acids is 4. The van der Waals surface area contributed by atoms with Gasteiger partial charge in [-0.25, -0.2) is 19.2 Å². The molecule has 2 heterocycles. The number of methoxy groups -OCH3 is 1. The van der Waals surface area contributed by atoms with E-state index in [4.69, 9.17) is 36.8 Å². The lowest BCUT2D eigenvalue weighted by Crippen LogP contribution is -2.46. The van der Waals surface area contributed by atoms with Crippen molar-refractivity contribution in [3.8, 4) is 5.75 Å². The monoisotopic (exact) mass is 606 g/mol. The number of fused-ring (bicyclic) bond motifs is 2. The largest absolute Gasteiger partial charge is 0.497 e. The summed E-state index contributed by atoms with van der Waals surface area (Å²) in [4.78, 5) is 45.8. The number of benzene rings is 2. The normalized spacial score (nSPS) is 16.7. The van der Waals surface area contributed by atoms with E-state index in [0.717, 1.165) is 43.4 Å². The van der Waals surface area contributed by atoms with Gasteiger partial charge in [-0.1, -0.05) is 29.4 Å². The highest BCUT2D eigenvalue weighted by Crippen LogP contribution is 2.44. The van der Waals surface area contributed by atoms with Gasteiger partial charge >= 0.3 is 23.9 Å². The van der Waals surface area contributed by atoms with Crippen LogP contribution in [-0.2, 0) is 25.6 Å². The van der Waals surface area contributed by atoms with Crippen molar-refractivity contribution in [2.75, 3.05) is 40.3 Å². The van der Waals surface area contributed by atoms with Crippen molar-refractivity contribution < 1.29 is 44.3 Å². The van der Waals surface area contributed by atoms with Gasteiger partial charge in [0.1, 0.15) is 5.75 Å². The molecule has 4 N–H and O–H groups in total. The molecule has 2 aliphatic heterocycles. The lowest BCUT2D eigenvalue weighted by Gasteiger charge is -2.38. The van der Waals surface area contributed by atoms with Crippen LogP contribution >= 0.6 is 23.4 Å². The second kappa shape index (κ2) is 16.4. The smallest absolute Gasteiger partial charge is 0.328 e. The van der Waals surface area contributed by atoms with Gasteiger partial charge < -0.3 is 30.1 Å². The first-order chi connectivity index (χ1) is 19.4. The number of likely N-dealkylation sites (N-methyl/N-ethyl adjacent to an activating group) is 1. The molecule has 220 valence electrons. The Kier molecular flexibility index (Phi) is 13.4. The molecule has 0 spiro atoms. The van der Waals surface area contributed by atoms with E-state index in [1.807, 2.05) is 17.8 Å². The number of rotatable bonds is 6. The molecule has 2 aromatic rings. The maximum Gasteiger partial charge on any atom is 0.328 e. The summed E-state index contributed by atoms with van der Waals surface area (Å²) in [5.74, 6) is -4.11. The number of carbonyl (C=O) groups is 4. The molecule has 13 heteroatoms. The summed E-state index contributed by atoms with van der Waals surface area (Å²) in [5.41, 5.74) is 2.75. The molecule has 2 aromatic carbocycles. The molecule has 0 aromatic heterocycles. The Labute approximate surface area is 246 Å². The molecule has 1 atom stereocenters. The van der Waals surface area contributed by atoms with Crippen molar-refractivity contribution in [1.29, 1.82) is 0 Å². The Bertz CT molecular complexity index is 1240. The van der Waals surface area contributed by atoms with Crippen LogP contribution in [0.5, 0.6) is 5.75 Å². The fourth-order valence-corrected chi connectivity index (χ4v) is 5.30. The van der Waals surface area contributed by atoms with Crippen LogP contribution in [0.25, 0.3) is 0 Å². The predicted molar refractivity (Wildman–Crippen MR) is 153 cm³/mol. The molecule has 0 aliphatic carbocycles. The van der Waals surface area contributed by atoms with E-state index in [-0.39, 0.29) is 0 Å². The van der Waals surface area contributed by atoms with Crippen LogP contribution < -0.4 is 4.74 Å². The number of hydrogen-bond donors (Lipinski definition) is 4. The van der Waals surface area contributed by atoms with Crippen molar-refractivity contribution in [1.82, 2.24) is 9.80 Å². The predicted octanol–water partition coefficient (Wildman–Crippen LogP) is 3.77. The molecular weight excluding hydrogens is 576 g/mol. The minimum atomic E-state index is -1.26. The summed E-state index contributed by atoms with van der Waals surface area (Å²) in [7, 11) is 3.93. The Morgan fingerprint density at radius 1 is 0.829 bits per heavy atom. The second-order valence-electron chi connectivity index (χ2n) is 8.84. The zero-order chi connectivity index (χ0) is 30.5. The zero-order valence-electron chi connectivity index (χ0n) is 22.4. The van der Waals surface area contributed by atoms with Crippen LogP contribution in [-0.4, -0.2) is 94.4 Å². The first-order valence-corrected chi connectivity index (χ1v) is 13.4. The van der Waals surface area contributed by atoms with Gasteiger partial charge in [-0.3, -0.25) is 4.90 Å². The molecule has 0 radical (unpaired) electrons. The fraction of sp³-hybridized carbons (Fsp3) is 0.286. The highest BCUT2D eigenvalue weighted by Gasteiger charge is 2.29. The van der Waals surface area contributed by atoms with Crippen LogP contribution in [0.2, 0.25) is 5.02 Å². The van der Waals surface area contributed by atoms with Gasteiger partial charge in [0.2, 0.25) is 0 Å². The quantitative estimate of drug-likeness (QED) is 0.352. The van der Waals surface area contributed by atoms with Crippen molar-refractivity contribution in [2.45, 2.75) is 22.3 Å². The maximum absolute atomic E-state index is 9.55. The molecular formula is C28H31ClN2O9S. The maximum atomic E-state index is 9.55. The van der Waals surface area contributed by atoms with Gasteiger partial charge in [-0.05, 0) is 54.9 Å². The highest BCUT2D eigenvalue weighted by molar-refractivity contribution is 7.99. The lowest BCUT2D eigenvalue weighted by atomic mass is 9.96. The number of ether oxygens (including phenoxy) is 1. The van der Waals surface area contributed by atoms with E-state index in [1.165, 1.54) is 20.9 Å². The van der Waals surface area contributed by atoms with E-state index in [9.17, 15) is 19.2 Å². The van der Waals surface area contributed by atoms with Crippen LogP contribution in [0, 0.1) is 0 Å². The molecule has 0 amide bonds. The summed E-state index contributed by atoms with van der Waals surface area (Å²) < 4.78 is 5.43. The number of nitrogens with zero attached hydrogens (tertiary/aromatic N) is 2. The second-order valence-corrected chi connectivity index (χ2v) is 10.4. The third-order valence-corrected chi connectivity index (χ3v) is 7.38. The Morgan fingerprint density at radius 2 is 1.37 bits per heavy atom. The minimum absolute atomic E-state index is 0.379. The third-order valence-electron chi connectivity index (χ3n) is 5.95. The molecule has 0 bridgehead atoms. The highest BCUT2D eigenvalue weighted by atomic mass is 35.5. The summed E-state index contributed by atoms with van der Waals surface area (Å²) in [6, 6.07) is 13.2. The van der Waals surface area contributed by atoms with Gasteiger partial charge in [0.25, 0.3) is 0 Å². The molecule has 1 fully saturated rings. The van der Waals surface area contributed by atoms with Crippen molar-refractivity contribution in [2.24, 2.45) is 0 Å². The topological polar surface area (TPSA) is 165 Å². The van der Waals surface area contributed by atoms with Crippen LogP contribution in [0.3, 0.4) is 0 Å². The van der Waals surface area contributed by atoms with E-state index >= 15 is 0 Å². The van der Waals surface area contributed by atoms with Gasteiger partial charge in [0, 0.05) is 71.3 Å². The summed E-state index contributed by atoms with van der Waals surface area (Å²) in [6.45, 7) is 4.44. The van der Waals surface area contributed by atoms with Crippen molar-refractivity contribution in [3.05, 3.63) is 76.9 Å². The molecule has 0 saturated carbocycles. The molecule has 41 heavy (non-hydrogen) atoms. The van der Waals surface area contributed by atoms with Crippen LogP contribution in [0.15, 0.2) is 70.5 Å². The number of hydrogen-bond acceptors (Lipinski definition) is 8. The molecule has 4 rings (SSSR count). The molecule has 1 saturated heterocycles. The first kappa shape index (κ1) is 33.4. The Hall–Kier alpha value is -3.84. The van der Waals surface area contributed by atoms with Gasteiger partial charge in [-0.2, -0.15) is 0 Å². The number of aliphatic carboxylic acids is 4. The summed E-state index contributed by atoms with van der Waals surface area (Å²) in [5, 5.41) is 32.1. The average molecular weight is 607 g/mol. The Balaban J connectivity index is 0.000000304. The van der Waals surface area contributed by atoms with Gasteiger partial charge in [0.15, 0.2) is 0 Å². The first-order valence-electron chi connectivity index (χ1n) is 12.2. The van der Waals surface area contributed by atoms with E-state index in [1.54, 1.807) is 7.11 Å². The third kappa shape index (κ3) is 11.7.